The zero-order valence-corrected chi connectivity index (χ0v) is 18.6. The molecule has 0 aliphatic carbocycles. The summed E-state index contributed by atoms with van der Waals surface area (Å²) in [7, 11) is 0. The molecular weight excluding hydrogens is 382 g/mol. The first-order chi connectivity index (χ1) is 13.7. The Balaban J connectivity index is 2.05. The molecule has 0 radical (unpaired) electrons. The topological polar surface area (TPSA) is 46.6 Å². The average Bonchev–Trinajstić information content (AvgIpc) is 2.86. The molecule has 0 saturated carbocycles. The van der Waals surface area contributed by atoms with Gasteiger partial charge in [0.2, 0.25) is 0 Å². The number of aryl methyl sites for hydroxylation is 2. The predicted molar refractivity (Wildman–Crippen MR) is 120 cm³/mol. The monoisotopic (exact) mass is 409 g/mol. The van der Waals surface area contributed by atoms with Gasteiger partial charge in [-0.3, -0.25) is 9.59 Å². The van der Waals surface area contributed by atoms with Gasteiger partial charge >= 0.3 is 0 Å². The van der Waals surface area contributed by atoms with E-state index >= 15 is 0 Å². The van der Waals surface area contributed by atoms with Crippen LogP contribution < -0.4 is 9.64 Å². The maximum atomic E-state index is 13.4. The lowest BCUT2D eigenvalue weighted by Crippen LogP contribution is -2.32. The van der Waals surface area contributed by atoms with Crippen molar-refractivity contribution < 1.29 is 14.3 Å². The molecule has 0 fully saturated rings. The molecule has 3 rings (SSSR count). The van der Waals surface area contributed by atoms with Gasteiger partial charge in [-0.2, -0.15) is 0 Å². The molecule has 152 valence electrons. The number of amides is 2. The Morgan fingerprint density at radius 3 is 2.10 bits per heavy atom. The normalized spacial score (nSPS) is 14.6. The summed E-state index contributed by atoms with van der Waals surface area (Å²) in [5.41, 5.74) is 3.83. The van der Waals surface area contributed by atoms with E-state index in [1.807, 2.05) is 84.0 Å². The molecule has 0 unspecified atom stereocenters. The van der Waals surface area contributed by atoms with Crippen LogP contribution in [-0.4, -0.2) is 23.2 Å². The number of thioether (sulfide) groups is 1. The summed E-state index contributed by atoms with van der Waals surface area (Å²) in [6, 6.07) is 13.2. The number of imide groups is 1. The molecule has 1 heterocycles. The van der Waals surface area contributed by atoms with Gasteiger partial charge in [-0.15, -0.1) is 11.8 Å². The molecular formula is C24H27NO3S. The SMILES string of the molecule is Cc1ccc(N2C(=O)C(SC(C)C)=C(c3ccc(OC(C)C)cc3)C2=O)c(C)c1. The van der Waals surface area contributed by atoms with Crippen LogP contribution in [0, 0.1) is 13.8 Å². The van der Waals surface area contributed by atoms with Crippen LogP contribution in [0.15, 0.2) is 47.4 Å². The molecule has 2 amide bonds. The molecule has 0 atom stereocenters. The molecule has 2 aromatic carbocycles. The van der Waals surface area contributed by atoms with Crippen LogP contribution in [0.4, 0.5) is 5.69 Å². The van der Waals surface area contributed by atoms with E-state index in [4.69, 9.17) is 4.74 Å². The van der Waals surface area contributed by atoms with Crippen molar-refractivity contribution in [3.05, 3.63) is 64.1 Å². The van der Waals surface area contributed by atoms with Gasteiger partial charge in [0, 0.05) is 5.25 Å². The van der Waals surface area contributed by atoms with E-state index in [1.165, 1.54) is 16.7 Å². The Kier molecular flexibility index (Phi) is 6.18. The molecule has 0 aromatic heterocycles. The van der Waals surface area contributed by atoms with Gasteiger partial charge in [-0.05, 0) is 57.0 Å². The third-order valence-electron chi connectivity index (χ3n) is 4.50. The lowest BCUT2D eigenvalue weighted by atomic mass is 10.1. The molecule has 29 heavy (non-hydrogen) atoms. The van der Waals surface area contributed by atoms with Gasteiger partial charge in [-0.25, -0.2) is 4.90 Å². The molecule has 2 aromatic rings. The number of carbonyl (C=O) groups is 2. The van der Waals surface area contributed by atoms with Crippen LogP contribution in [0.2, 0.25) is 0 Å². The Bertz CT molecular complexity index is 974. The highest BCUT2D eigenvalue weighted by atomic mass is 32.2. The van der Waals surface area contributed by atoms with Crippen molar-refractivity contribution in [2.24, 2.45) is 0 Å². The van der Waals surface area contributed by atoms with Crippen molar-refractivity contribution in [1.29, 1.82) is 0 Å². The first kappa shape index (κ1) is 21.2. The maximum Gasteiger partial charge on any atom is 0.272 e. The van der Waals surface area contributed by atoms with Crippen LogP contribution in [0.3, 0.4) is 0 Å². The third-order valence-corrected chi connectivity index (χ3v) is 5.59. The molecule has 0 bridgehead atoms. The second-order valence-corrected chi connectivity index (χ2v) is 9.38. The van der Waals surface area contributed by atoms with E-state index in [1.54, 1.807) is 0 Å². The summed E-state index contributed by atoms with van der Waals surface area (Å²) >= 11 is 1.44. The maximum absolute atomic E-state index is 13.4. The molecule has 0 saturated heterocycles. The number of ether oxygens (including phenoxy) is 1. The van der Waals surface area contributed by atoms with Crippen molar-refractivity contribution in [1.82, 2.24) is 0 Å². The molecule has 0 N–H and O–H groups in total. The van der Waals surface area contributed by atoms with E-state index in [0.29, 0.717) is 16.2 Å². The highest BCUT2D eigenvalue weighted by Crippen LogP contribution is 2.41. The zero-order valence-electron chi connectivity index (χ0n) is 17.8. The van der Waals surface area contributed by atoms with E-state index in [9.17, 15) is 9.59 Å². The van der Waals surface area contributed by atoms with Crippen molar-refractivity contribution in [3.8, 4) is 5.75 Å². The van der Waals surface area contributed by atoms with Crippen molar-refractivity contribution in [2.45, 2.75) is 52.9 Å². The first-order valence-corrected chi connectivity index (χ1v) is 10.7. The van der Waals surface area contributed by atoms with Crippen molar-refractivity contribution >= 4 is 34.8 Å². The first-order valence-electron chi connectivity index (χ1n) is 9.83. The molecule has 1 aliphatic rings. The molecule has 4 nitrogen and oxygen atoms in total. The van der Waals surface area contributed by atoms with Crippen molar-refractivity contribution in [3.63, 3.8) is 0 Å². The smallest absolute Gasteiger partial charge is 0.272 e. The highest BCUT2D eigenvalue weighted by molar-refractivity contribution is 8.04. The number of nitrogens with zero attached hydrogens (tertiary/aromatic N) is 1. The average molecular weight is 410 g/mol. The van der Waals surface area contributed by atoms with Crippen LogP contribution >= 0.6 is 11.8 Å². The Morgan fingerprint density at radius 1 is 0.897 bits per heavy atom. The minimum atomic E-state index is -0.275. The third kappa shape index (κ3) is 4.40. The van der Waals surface area contributed by atoms with Crippen LogP contribution in [0.25, 0.3) is 5.57 Å². The number of benzene rings is 2. The number of hydrogen-bond donors (Lipinski definition) is 0. The molecule has 0 spiro atoms. The quantitative estimate of drug-likeness (QED) is 0.590. The van der Waals surface area contributed by atoms with Crippen molar-refractivity contribution in [2.75, 3.05) is 4.90 Å². The number of anilines is 1. The summed E-state index contributed by atoms with van der Waals surface area (Å²) < 4.78 is 5.70. The van der Waals surface area contributed by atoms with Gasteiger partial charge in [0.15, 0.2) is 0 Å². The van der Waals surface area contributed by atoms with Gasteiger partial charge in [0.1, 0.15) is 5.75 Å². The fraction of sp³-hybridized carbons (Fsp3) is 0.333. The Morgan fingerprint density at radius 2 is 1.55 bits per heavy atom. The second-order valence-electron chi connectivity index (χ2n) is 7.80. The van der Waals surface area contributed by atoms with Gasteiger partial charge in [-0.1, -0.05) is 43.7 Å². The van der Waals surface area contributed by atoms with Gasteiger partial charge < -0.3 is 4.74 Å². The minimum absolute atomic E-state index is 0.0711. The number of hydrogen-bond acceptors (Lipinski definition) is 4. The Hall–Kier alpha value is -2.53. The van der Waals surface area contributed by atoms with E-state index < -0.39 is 0 Å². The van der Waals surface area contributed by atoms with Crippen LogP contribution in [0.5, 0.6) is 5.75 Å². The number of carbonyl (C=O) groups excluding carboxylic acids is 2. The summed E-state index contributed by atoms with van der Waals surface area (Å²) in [5, 5.41) is 0.180. The number of rotatable bonds is 6. The van der Waals surface area contributed by atoms with Gasteiger partial charge in [0.05, 0.1) is 22.3 Å². The fourth-order valence-electron chi connectivity index (χ4n) is 3.36. The molecule has 1 aliphatic heterocycles. The fourth-order valence-corrected chi connectivity index (χ4v) is 4.34. The predicted octanol–water partition coefficient (Wildman–Crippen LogP) is 5.52. The van der Waals surface area contributed by atoms with E-state index in [-0.39, 0.29) is 23.2 Å². The Labute approximate surface area is 176 Å². The molecule has 5 heteroatoms. The van der Waals surface area contributed by atoms with Gasteiger partial charge in [0.25, 0.3) is 11.8 Å². The summed E-state index contributed by atoms with van der Waals surface area (Å²) in [4.78, 5) is 28.5. The highest BCUT2D eigenvalue weighted by Gasteiger charge is 2.41. The summed E-state index contributed by atoms with van der Waals surface area (Å²) in [5.74, 6) is 0.214. The van der Waals surface area contributed by atoms with E-state index in [0.717, 1.165) is 22.4 Å². The summed E-state index contributed by atoms with van der Waals surface area (Å²) in [6.45, 7) is 11.9. The van der Waals surface area contributed by atoms with Crippen LogP contribution in [0.1, 0.15) is 44.4 Å². The second kappa shape index (κ2) is 8.46. The lowest BCUT2D eigenvalue weighted by Gasteiger charge is -2.18. The summed E-state index contributed by atoms with van der Waals surface area (Å²) in [6.07, 6.45) is 0.0711. The standard InChI is InChI=1S/C24H27NO3S/c1-14(2)28-19-10-8-18(9-11-19)21-22(29-15(3)4)24(27)25(23(21)26)20-12-7-16(5)13-17(20)6/h7-15H,1-6H3. The zero-order chi connectivity index (χ0) is 21.3. The van der Waals surface area contributed by atoms with Crippen LogP contribution in [-0.2, 0) is 9.59 Å². The lowest BCUT2D eigenvalue weighted by molar-refractivity contribution is -0.119. The largest absolute Gasteiger partial charge is 0.491 e. The minimum Gasteiger partial charge on any atom is -0.491 e. The van der Waals surface area contributed by atoms with E-state index in [2.05, 4.69) is 0 Å².